The van der Waals surface area contributed by atoms with Gasteiger partial charge in [-0.05, 0) is 23.8 Å². The molecule has 0 spiro atoms. The zero-order valence-electron chi connectivity index (χ0n) is 9.42. The monoisotopic (exact) mass is 338 g/mol. The zero-order chi connectivity index (χ0) is 13.8. The Balaban J connectivity index is 2.85. The van der Waals surface area contributed by atoms with Gasteiger partial charge in [-0.15, -0.1) is 0 Å². The number of hydrogen-bond donors (Lipinski definition) is 0. The van der Waals surface area contributed by atoms with Crippen LogP contribution in [0.25, 0.3) is 6.08 Å². The van der Waals surface area contributed by atoms with E-state index in [4.69, 9.17) is 0 Å². The number of thioether (sulfide) groups is 1. The maximum Gasteiger partial charge on any atom is 0.416 e. The summed E-state index contributed by atoms with van der Waals surface area (Å²) in [5, 5.41) is -0.0252. The van der Waals surface area contributed by atoms with Crippen molar-refractivity contribution in [3.63, 3.8) is 0 Å². The van der Waals surface area contributed by atoms with Crippen molar-refractivity contribution >= 4 is 38.9 Å². The highest BCUT2D eigenvalue weighted by Crippen LogP contribution is 2.32. The predicted octanol–water partition coefficient (Wildman–Crippen LogP) is 4.76. The Bertz CT molecular complexity index is 469. The van der Waals surface area contributed by atoms with Crippen molar-refractivity contribution < 1.29 is 18.0 Å². The quantitative estimate of drug-likeness (QED) is 0.790. The molecule has 1 aromatic rings. The summed E-state index contributed by atoms with van der Waals surface area (Å²) in [6.07, 6.45) is -1.13. The van der Waals surface area contributed by atoms with Gasteiger partial charge in [0.05, 0.1) is 5.56 Å². The lowest BCUT2D eigenvalue weighted by Crippen LogP contribution is -2.04. The van der Waals surface area contributed by atoms with Crippen LogP contribution in [0.15, 0.2) is 28.7 Å². The Morgan fingerprint density at radius 2 is 2.11 bits per heavy atom. The van der Waals surface area contributed by atoms with Gasteiger partial charge in [0, 0.05) is 17.1 Å². The normalized spacial score (nSPS) is 12.1. The fraction of sp³-hybridized carbons (Fsp3) is 0.250. The fourth-order valence-corrected chi connectivity index (χ4v) is 1.99. The second-order valence-corrected chi connectivity index (χ2v) is 5.49. The molecule has 18 heavy (non-hydrogen) atoms. The molecule has 0 aliphatic carbocycles. The molecular formula is C12H10BrF3OS. The number of carbonyl (C=O) groups excluding carboxylic acids is 1. The molecule has 0 aliphatic heterocycles. The summed E-state index contributed by atoms with van der Waals surface area (Å²) < 4.78 is 38.1. The highest BCUT2D eigenvalue weighted by Gasteiger charge is 2.30. The van der Waals surface area contributed by atoms with Crippen LogP contribution in [0.2, 0.25) is 0 Å². The first-order valence-corrected chi connectivity index (χ1v) is 6.75. The van der Waals surface area contributed by atoms with Crippen molar-refractivity contribution in [2.75, 3.05) is 5.75 Å². The fourth-order valence-electron chi connectivity index (χ4n) is 1.19. The molecule has 0 atom stereocenters. The molecule has 0 aliphatic rings. The number of hydrogen-bond acceptors (Lipinski definition) is 2. The molecule has 1 aromatic carbocycles. The van der Waals surface area contributed by atoms with E-state index in [9.17, 15) is 18.0 Å². The van der Waals surface area contributed by atoms with Gasteiger partial charge in [0.1, 0.15) is 0 Å². The third-order valence-electron chi connectivity index (χ3n) is 2.00. The summed E-state index contributed by atoms with van der Waals surface area (Å²) in [7, 11) is 0. The molecule has 0 bridgehead atoms. The number of carbonyl (C=O) groups is 1. The smallest absolute Gasteiger partial charge is 0.288 e. The van der Waals surface area contributed by atoms with Gasteiger partial charge in [-0.25, -0.2) is 0 Å². The molecule has 0 saturated heterocycles. The van der Waals surface area contributed by atoms with Crippen LogP contribution in [-0.2, 0) is 11.0 Å². The molecule has 0 unspecified atom stereocenters. The van der Waals surface area contributed by atoms with Crippen molar-refractivity contribution in [2.24, 2.45) is 0 Å². The van der Waals surface area contributed by atoms with Crippen LogP contribution in [0.4, 0.5) is 13.2 Å². The van der Waals surface area contributed by atoms with E-state index in [0.717, 1.165) is 23.9 Å². The van der Waals surface area contributed by atoms with Crippen LogP contribution in [0.1, 0.15) is 18.1 Å². The molecule has 0 fully saturated rings. The van der Waals surface area contributed by atoms with Gasteiger partial charge in [-0.2, -0.15) is 13.2 Å². The van der Waals surface area contributed by atoms with Crippen LogP contribution >= 0.6 is 27.7 Å². The van der Waals surface area contributed by atoms with E-state index in [1.165, 1.54) is 13.0 Å². The summed E-state index contributed by atoms with van der Waals surface area (Å²) in [6.45, 7) is 1.44. The minimum Gasteiger partial charge on any atom is -0.288 e. The van der Waals surface area contributed by atoms with Crippen molar-refractivity contribution in [2.45, 2.75) is 13.1 Å². The van der Waals surface area contributed by atoms with E-state index in [-0.39, 0.29) is 5.12 Å². The van der Waals surface area contributed by atoms with E-state index < -0.39 is 11.7 Å². The van der Waals surface area contributed by atoms with E-state index in [2.05, 4.69) is 15.9 Å². The summed E-state index contributed by atoms with van der Waals surface area (Å²) in [5.74, 6) is 0.442. The van der Waals surface area contributed by atoms with Crippen LogP contribution < -0.4 is 0 Å². The average Bonchev–Trinajstić information content (AvgIpc) is 2.24. The van der Waals surface area contributed by atoms with Gasteiger partial charge in [0.2, 0.25) is 0 Å². The van der Waals surface area contributed by atoms with Gasteiger partial charge in [0.25, 0.3) is 0 Å². The van der Waals surface area contributed by atoms with E-state index >= 15 is 0 Å². The number of rotatable bonds is 3. The second kappa shape index (κ2) is 6.43. The summed E-state index contributed by atoms with van der Waals surface area (Å²) in [6, 6.07) is 3.45. The molecule has 1 nitrogen and oxygen atoms in total. The lowest BCUT2D eigenvalue weighted by atomic mass is 10.1. The lowest BCUT2D eigenvalue weighted by molar-refractivity contribution is -0.137. The number of alkyl halides is 3. The second-order valence-electron chi connectivity index (χ2n) is 3.44. The van der Waals surface area contributed by atoms with Gasteiger partial charge >= 0.3 is 6.18 Å². The van der Waals surface area contributed by atoms with E-state index in [0.29, 0.717) is 15.8 Å². The third-order valence-corrected chi connectivity index (χ3v) is 3.49. The Labute approximate surface area is 116 Å². The average molecular weight is 339 g/mol. The number of benzene rings is 1. The van der Waals surface area contributed by atoms with Crippen LogP contribution in [-0.4, -0.2) is 10.9 Å². The summed E-state index contributed by atoms with van der Waals surface area (Å²) >= 11 is 4.29. The highest BCUT2D eigenvalue weighted by atomic mass is 79.9. The lowest BCUT2D eigenvalue weighted by Gasteiger charge is -2.08. The van der Waals surface area contributed by atoms with Crippen LogP contribution in [0.3, 0.4) is 0 Å². The van der Waals surface area contributed by atoms with Crippen molar-refractivity contribution in [1.82, 2.24) is 0 Å². The SMILES string of the molecule is CC(=O)SCC=Cc1cc(C(F)(F)F)ccc1Br. The van der Waals surface area contributed by atoms with Crippen molar-refractivity contribution in [3.05, 3.63) is 39.9 Å². The Morgan fingerprint density at radius 1 is 1.44 bits per heavy atom. The van der Waals surface area contributed by atoms with E-state index in [1.807, 2.05) is 0 Å². The van der Waals surface area contributed by atoms with Crippen LogP contribution in [0.5, 0.6) is 0 Å². The van der Waals surface area contributed by atoms with Gasteiger partial charge < -0.3 is 0 Å². The Kier molecular flexibility index (Phi) is 5.47. The first kappa shape index (κ1) is 15.3. The molecule has 0 saturated carbocycles. The molecule has 6 heteroatoms. The minimum absolute atomic E-state index is 0.0252. The van der Waals surface area contributed by atoms with Crippen molar-refractivity contribution in [1.29, 1.82) is 0 Å². The standard InChI is InChI=1S/C12H10BrF3OS/c1-8(17)18-6-2-3-9-7-10(12(14,15)16)4-5-11(9)13/h2-5,7H,6H2,1H3. The molecule has 0 heterocycles. The maximum atomic E-state index is 12.5. The molecule has 0 amide bonds. The molecule has 0 N–H and O–H groups in total. The molecule has 0 aromatic heterocycles. The van der Waals surface area contributed by atoms with E-state index in [1.54, 1.807) is 12.2 Å². The first-order chi connectivity index (χ1) is 8.30. The topological polar surface area (TPSA) is 17.1 Å². The predicted molar refractivity (Wildman–Crippen MR) is 71.3 cm³/mol. The van der Waals surface area contributed by atoms with Gasteiger partial charge in [0.15, 0.2) is 5.12 Å². The largest absolute Gasteiger partial charge is 0.416 e. The molecule has 1 rings (SSSR count). The van der Waals surface area contributed by atoms with Gasteiger partial charge in [-0.1, -0.05) is 39.8 Å². The molecule has 98 valence electrons. The highest BCUT2D eigenvalue weighted by molar-refractivity contribution is 9.10. The Morgan fingerprint density at radius 3 is 2.67 bits per heavy atom. The summed E-state index contributed by atoms with van der Waals surface area (Å²) in [4.78, 5) is 10.7. The molecule has 0 radical (unpaired) electrons. The van der Waals surface area contributed by atoms with Crippen LogP contribution in [0, 0.1) is 0 Å². The minimum atomic E-state index is -4.35. The Hall–Kier alpha value is -0.750. The summed E-state index contributed by atoms with van der Waals surface area (Å²) in [5.41, 5.74) is -0.251. The molecular weight excluding hydrogens is 329 g/mol. The third kappa shape index (κ3) is 4.86. The van der Waals surface area contributed by atoms with Gasteiger partial charge in [-0.3, -0.25) is 4.79 Å². The zero-order valence-corrected chi connectivity index (χ0v) is 11.8. The number of halogens is 4. The maximum absolute atomic E-state index is 12.5. The first-order valence-electron chi connectivity index (χ1n) is 4.97. The van der Waals surface area contributed by atoms with Crippen molar-refractivity contribution in [3.8, 4) is 0 Å².